The largest absolute Gasteiger partial charge is 0.326 e. The Morgan fingerprint density at radius 1 is 0.765 bits per heavy atom. The van der Waals surface area contributed by atoms with Crippen LogP contribution in [0.2, 0.25) is 0 Å². The summed E-state index contributed by atoms with van der Waals surface area (Å²) in [5, 5.41) is 5.65. The molecule has 1 aliphatic rings. The first-order valence-corrected chi connectivity index (χ1v) is 11.1. The van der Waals surface area contributed by atoms with Gasteiger partial charge in [-0.1, -0.05) is 38.1 Å². The Morgan fingerprint density at radius 3 is 1.82 bits per heavy atom. The highest BCUT2D eigenvalue weighted by atomic mass is 16.2. The molecule has 3 aromatic rings. The number of nitrogens with zero attached hydrogens (tertiary/aromatic N) is 1. The molecule has 4 amide bonds. The highest BCUT2D eigenvalue weighted by molar-refractivity contribution is 6.21. The second kappa shape index (κ2) is 9.70. The molecule has 0 radical (unpaired) electrons. The first-order valence-electron chi connectivity index (χ1n) is 11.1. The van der Waals surface area contributed by atoms with E-state index < -0.39 is 0 Å². The van der Waals surface area contributed by atoms with Gasteiger partial charge in [0, 0.05) is 23.4 Å². The van der Waals surface area contributed by atoms with Crippen molar-refractivity contribution in [1.82, 2.24) is 4.90 Å². The molecule has 0 unspecified atom stereocenters. The van der Waals surface area contributed by atoms with Gasteiger partial charge in [0.25, 0.3) is 17.7 Å². The maximum Gasteiger partial charge on any atom is 0.261 e. The van der Waals surface area contributed by atoms with Gasteiger partial charge in [-0.3, -0.25) is 24.1 Å². The quantitative estimate of drug-likeness (QED) is 0.504. The van der Waals surface area contributed by atoms with E-state index in [9.17, 15) is 19.2 Å². The van der Waals surface area contributed by atoms with E-state index in [0.29, 0.717) is 34.5 Å². The lowest BCUT2D eigenvalue weighted by Crippen LogP contribution is -2.29. The molecule has 172 valence electrons. The van der Waals surface area contributed by atoms with E-state index >= 15 is 0 Å². The maximum absolute atomic E-state index is 12.6. The molecular formula is C27H25N3O4. The van der Waals surface area contributed by atoms with Crippen molar-refractivity contribution in [3.63, 3.8) is 0 Å². The lowest BCUT2D eigenvalue weighted by atomic mass is 10.1. The van der Waals surface area contributed by atoms with Crippen molar-refractivity contribution in [2.45, 2.75) is 26.8 Å². The minimum atomic E-state index is -0.314. The van der Waals surface area contributed by atoms with E-state index in [-0.39, 0.29) is 36.1 Å². The molecule has 0 spiro atoms. The Kier molecular flexibility index (Phi) is 6.54. The summed E-state index contributed by atoms with van der Waals surface area (Å²) >= 11 is 0. The molecule has 1 heterocycles. The van der Waals surface area contributed by atoms with E-state index in [1.165, 1.54) is 4.90 Å². The van der Waals surface area contributed by atoms with Crippen molar-refractivity contribution >= 4 is 35.0 Å². The monoisotopic (exact) mass is 455 g/mol. The lowest BCUT2D eigenvalue weighted by molar-refractivity contribution is -0.116. The molecule has 2 N–H and O–H groups in total. The van der Waals surface area contributed by atoms with Gasteiger partial charge in [-0.2, -0.15) is 0 Å². The topological polar surface area (TPSA) is 95.6 Å². The molecule has 0 aromatic heterocycles. The summed E-state index contributed by atoms with van der Waals surface area (Å²) in [5.41, 5.74) is 3.28. The minimum Gasteiger partial charge on any atom is -0.326 e. The molecule has 7 heteroatoms. The smallest absolute Gasteiger partial charge is 0.261 e. The third kappa shape index (κ3) is 5.04. The molecule has 34 heavy (non-hydrogen) atoms. The molecule has 0 saturated heterocycles. The zero-order valence-corrected chi connectivity index (χ0v) is 19.0. The van der Waals surface area contributed by atoms with Gasteiger partial charge < -0.3 is 10.6 Å². The summed E-state index contributed by atoms with van der Waals surface area (Å²) in [4.78, 5) is 50.8. The van der Waals surface area contributed by atoms with Crippen LogP contribution in [0.1, 0.15) is 56.9 Å². The summed E-state index contributed by atoms with van der Waals surface area (Å²) in [5.74, 6) is -0.688. The number of nitrogens with one attached hydrogen (secondary N) is 2. The normalized spacial score (nSPS) is 12.6. The van der Waals surface area contributed by atoms with Gasteiger partial charge in [-0.25, -0.2) is 0 Å². The summed E-state index contributed by atoms with van der Waals surface area (Å²) in [7, 11) is 0. The van der Waals surface area contributed by atoms with E-state index in [4.69, 9.17) is 0 Å². The third-order valence-corrected chi connectivity index (χ3v) is 5.46. The van der Waals surface area contributed by atoms with Gasteiger partial charge >= 0.3 is 0 Å². The SMILES string of the molecule is CC(C)CC(=O)Nc1ccc(NC(=O)c2ccc(CN3C(=O)c4ccccc4C3=O)cc2)cc1. The van der Waals surface area contributed by atoms with E-state index in [2.05, 4.69) is 10.6 Å². The first-order chi connectivity index (χ1) is 16.3. The predicted octanol–water partition coefficient (Wildman–Crippen LogP) is 4.72. The van der Waals surface area contributed by atoms with Crippen LogP contribution in [-0.4, -0.2) is 28.5 Å². The van der Waals surface area contributed by atoms with Crippen molar-refractivity contribution in [1.29, 1.82) is 0 Å². The molecule has 0 fully saturated rings. The van der Waals surface area contributed by atoms with Gasteiger partial charge in [0.15, 0.2) is 0 Å². The molecule has 3 aromatic carbocycles. The number of imide groups is 1. The molecule has 1 aliphatic heterocycles. The number of carbonyl (C=O) groups excluding carboxylic acids is 4. The van der Waals surface area contributed by atoms with Crippen molar-refractivity contribution in [2.75, 3.05) is 10.6 Å². The second-order valence-electron chi connectivity index (χ2n) is 8.62. The van der Waals surface area contributed by atoms with Crippen LogP contribution in [0, 0.1) is 5.92 Å². The molecular weight excluding hydrogens is 430 g/mol. The van der Waals surface area contributed by atoms with Crippen molar-refractivity contribution in [3.05, 3.63) is 95.1 Å². The van der Waals surface area contributed by atoms with Crippen LogP contribution in [0.3, 0.4) is 0 Å². The number of benzene rings is 3. The van der Waals surface area contributed by atoms with Gasteiger partial charge in [0.1, 0.15) is 0 Å². The van der Waals surface area contributed by atoms with Crippen LogP contribution in [-0.2, 0) is 11.3 Å². The summed E-state index contributed by atoms with van der Waals surface area (Å²) in [6, 6.07) is 20.4. The van der Waals surface area contributed by atoms with Crippen molar-refractivity contribution in [3.8, 4) is 0 Å². The standard InChI is InChI=1S/C27H25N3O4/c1-17(2)15-24(31)28-20-11-13-21(14-12-20)29-25(32)19-9-7-18(8-10-19)16-30-26(33)22-5-3-4-6-23(22)27(30)34/h3-14,17H,15-16H2,1-2H3,(H,28,31)(H,29,32). The molecule has 0 aliphatic carbocycles. The van der Waals surface area contributed by atoms with Gasteiger partial charge in [-0.15, -0.1) is 0 Å². The lowest BCUT2D eigenvalue weighted by Gasteiger charge is -2.14. The molecule has 0 bridgehead atoms. The van der Waals surface area contributed by atoms with Gasteiger partial charge in [0.05, 0.1) is 17.7 Å². The highest BCUT2D eigenvalue weighted by Gasteiger charge is 2.34. The fourth-order valence-electron chi connectivity index (χ4n) is 3.75. The number of fused-ring (bicyclic) bond motifs is 1. The zero-order chi connectivity index (χ0) is 24.2. The fraction of sp³-hybridized carbons (Fsp3) is 0.185. The third-order valence-electron chi connectivity index (χ3n) is 5.46. The van der Waals surface area contributed by atoms with Crippen LogP contribution >= 0.6 is 0 Å². The van der Waals surface area contributed by atoms with Crippen molar-refractivity contribution < 1.29 is 19.2 Å². The number of rotatable bonds is 7. The average Bonchev–Trinajstić information content (AvgIpc) is 3.05. The van der Waals surface area contributed by atoms with E-state index in [1.54, 1.807) is 72.8 Å². The zero-order valence-electron chi connectivity index (χ0n) is 19.0. The molecule has 4 rings (SSSR count). The predicted molar refractivity (Wildman–Crippen MR) is 130 cm³/mol. The van der Waals surface area contributed by atoms with Gasteiger partial charge in [-0.05, 0) is 60.0 Å². The first kappa shape index (κ1) is 22.9. The Bertz CT molecular complexity index is 1210. The van der Waals surface area contributed by atoms with Crippen LogP contribution in [0.4, 0.5) is 11.4 Å². The Hall–Kier alpha value is -4.26. The Morgan fingerprint density at radius 2 is 1.29 bits per heavy atom. The molecule has 7 nitrogen and oxygen atoms in total. The number of amides is 4. The average molecular weight is 456 g/mol. The number of hydrogen-bond donors (Lipinski definition) is 2. The number of anilines is 2. The maximum atomic E-state index is 12.6. The van der Waals surface area contributed by atoms with E-state index in [0.717, 1.165) is 5.56 Å². The van der Waals surface area contributed by atoms with Crippen LogP contribution in [0.25, 0.3) is 0 Å². The van der Waals surface area contributed by atoms with Crippen LogP contribution < -0.4 is 10.6 Å². The van der Waals surface area contributed by atoms with Crippen molar-refractivity contribution in [2.24, 2.45) is 5.92 Å². The summed E-state index contributed by atoms with van der Waals surface area (Å²) < 4.78 is 0. The van der Waals surface area contributed by atoms with Crippen LogP contribution in [0.5, 0.6) is 0 Å². The highest BCUT2D eigenvalue weighted by Crippen LogP contribution is 2.24. The fourth-order valence-corrected chi connectivity index (χ4v) is 3.75. The second-order valence-corrected chi connectivity index (χ2v) is 8.62. The summed E-state index contributed by atoms with van der Waals surface area (Å²) in [6.45, 7) is 4.10. The Balaban J connectivity index is 1.35. The van der Waals surface area contributed by atoms with E-state index in [1.807, 2.05) is 13.8 Å². The van der Waals surface area contributed by atoms with Crippen LogP contribution in [0.15, 0.2) is 72.8 Å². The number of carbonyl (C=O) groups is 4. The minimum absolute atomic E-state index is 0.0481. The Labute approximate surface area is 197 Å². The molecule has 0 atom stereocenters. The number of hydrogen-bond acceptors (Lipinski definition) is 4. The summed E-state index contributed by atoms with van der Waals surface area (Å²) in [6.07, 6.45) is 0.446. The molecule has 0 saturated carbocycles. The van der Waals surface area contributed by atoms with Gasteiger partial charge in [0.2, 0.25) is 5.91 Å².